The first-order valence-electron chi connectivity index (χ1n) is 9.70. The lowest BCUT2D eigenvalue weighted by Crippen LogP contribution is -2.34. The summed E-state index contributed by atoms with van der Waals surface area (Å²) in [6.07, 6.45) is 0.527. The zero-order valence-electron chi connectivity index (χ0n) is 17.4. The molecule has 1 aliphatic rings. The van der Waals surface area contributed by atoms with Gasteiger partial charge in [-0.25, -0.2) is 9.67 Å². The van der Waals surface area contributed by atoms with E-state index in [1.165, 1.54) is 4.57 Å². The fourth-order valence-electron chi connectivity index (χ4n) is 3.55. The Bertz CT molecular complexity index is 1190. The lowest BCUT2D eigenvalue weighted by Gasteiger charge is -2.16. The van der Waals surface area contributed by atoms with Crippen LogP contribution < -0.4 is 20.3 Å². The van der Waals surface area contributed by atoms with Crippen molar-refractivity contribution in [3.05, 3.63) is 57.3 Å². The molecule has 0 saturated heterocycles. The fraction of sp³-hybridized carbons (Fsp3) is 0.333. The molecule has 9 heteroatoms. The molecule has 2 aromatic heterocycles. The molecule has 1 amide bonds. The van der Waals surface area contributed by atoms with E-state index in [4.69, 9.17) is 9.47 Å². The predicted molar refractivity (Wildman–Crippen MR) is 110 cm³/mol. The molecule has 0 radical (unpaired) electrons. The third-order valence-electron chi connectivity index (χ3n) is 4.96. The van der Waals surface area contributed by atoms with E-state index in [9.17, 15) is 9.59 Å². The van der Waals surface area contributed by atoms with Gasteiger partial charge in [-0.2, -0.15) is 5.10 Å². The molecule has 0 fully saturated rings. The molecule has 30 heavy (non-hydrogen) atoms. The first-order chi connectivity index (χ1) is 14.4. The van der Waals surface area contributed by atoms with Crippen LogP contribution in [-0.4, -0.2) is 32.0 Å². The number of anilines is 1. The van der Waals surface area contributed by atoms with Crippen LogP contribution in [0.15, 0.2) is 29.1 Å². The Kier molecular flexibility index (Phi) is 5.03. The molecule has 4 rings (SSSR count). The molecular formula is C21H23N5O4. The standard InChI is InChI=1S/C21H23N5O4/c1-5-16-14(4)22-21(26-13(3)8-12(2)24-26)25(20(16)28)10-19(27)23-15-6-7-17-18(9-15)30-11-29-17/h6-9H,5,10-11H2,1-4H3,(H,23,27). The maximum Gasteiger partial charge on any atom is 0.258 e. The number of nitrogens with one attached hydrogen (secondary N) is 1. The van der Waals surface area contributed by atoms with Gasteiger partial charge in [-0.05, 0) is 45.4 Å². The molecule has 9 nitrogen and oxygen atoms in total. The van der Waals surface area contributed by atoms with Crippen LogP contribution in [0.2, 0.25) is 0 Å². The van der Waals surface area contributed by atoms with Gasteiger partial charge >= 0.3 is 0 Å². The summed E-state index contributed by atoms with van der Waals surface area (Å²) in [7, 11) is 0. The van der Waals surface area contributed by atoms with E-state index in [1.807, 2.05) is 26.8 Å². The zero-order chi connectivity index (χ0) is 21.4. The minimum Gasteiger partial charge on any atom is -0.454 e. The Hall–Kier alpha value is -3.62. The summed E-state index contributed by atoms with van der Waals surface area (Å²) in [5, 5.41) is 7.25. The normalized spacial score (nSPS) is 12.3. The van der Waals surface area contributed by atoms with Gasteiger partial charge in [0.05, 0.1) is 11.4 Å². The van der Waals surface area contributed by atoms with Crippen LogP contribution in [0, 0.1) is 20.8 Å². The van der Waals surface area contributed by atoms with Crippen molar-refractivity contribution in [1.82, 2.24) is 19.3 Å². The van der Waals surface area contributed by atoms with Crippen molar-refractivity contribution in [2.45, 2.75) is 40.7 Å². The van der Waals surface area contributed by atoms with E-state index in [2.05, 4.69) is 15.4 Å². The van der Waals surface area contributed by atoms with Crippen LogP contribution in [0.5, 0.6) is 11.5 Å². The van der Waals surface area contributed by atoms with Crippen LogP contribution in [0.1, 0.15) is 29.6 Å². The number of hydrogen-bond donors (Lipinski definition) is 1. The summed E-state index contributed by atoms with van der Waals surface area (Å²) in [6, 6.07) is 7.04. The lowest BCUT2D eigenvalue weighted by molar-refractivity contribution is -0.116. The molecule has 0 spiro atoms. The van der Waals surface area contributed by atoms with Gasteiger partial charge < -0.3 is 14.8 Å². The largest absolute Gasteiger partial charge is 0.454 e. The van der Waals surface area contributed by atoms with Gasteiger partial charge in [-0.1, -0.05) is 6.92 Å². The fourth-order valence-corrected chi connectivity index (χ4v) is 3.55. The second-order valence-corrected chi connectivity index (χ2v) is 7.18. The van der Waals surface area contributed by atoms with Gasteiger partial charge in [-0.15, -0.1) is 0 Å². The summed E-state index contributed by atoms with van der Waals surface area (Å²) < 4.78 is 13.6. The highest BCUT2D eigenvalue weighted by Crippen LogP contribution is 2.34. The van der Waals surface area contributed by atoms with Crippen molar-refractivity contribution in [1.29, 1.82) is 0 Å². The molecule has 0 saturated carbocycles. The average molecular weight is 409 g/mol. The Morgan fingerprint density at radius 1 is 1.17 bits per heavy atom. The maximum absolute atomic E-state index is 13.1. The zero-order valence-corrected chi connectivity index (χ0v) is 17.4. The van der Waals surface area contributed by atoms with Crippen LogP contribution in [-0.2, 0) is 17.8 Å². The van der Waals surface area contributed by atoms with E-state index in [0.29, 0.717) is 40.8 Å². The molecule has 1 aliphatic heterocycles. The van der Waals surface area contributed by atoms with Crippen molar-refractivity contribution < 1.29 is 14.3 Å². The van der Waals surface area contributed by atoms with Crippen molar-refractivity contribution in [3.8, 4) is 17.4 Å². The van der Waals surface area contributed by atoms with Crippen LogP contribution >= 0.6 is 0 Å². The Balaban J connectivity index is 1.69. The quantitative estimate of drug-likeness (QED) is 0.694. The number of benzene rings is 1. The van der Waals surface area contributed by atoms with Crippen LogP contribution in [0.3, 0.4) is 0 Å². The monoisotopic (exact) mass is 409 g/mol. The molecule has 0 aliphatic carbocycles. The third-order valence-corrected chi connectivity index (χ3v) is 4.96. The first kappa shape index (κ1) is 19.7. The summed E-state index contributed by atoms with van der Waals surface area (Å²) in [5.74, 6) is 1.16. The van der Waals surface area contributed by atoms with Gasteiger partial charge in [0.2, 0.25) is 18.6 Å². The van der Waals surface area contributed by atoms with Crippen LogP contribution in [0.25, 0.3) is 5.95 Å². The van der Waals surface area contributed by atoms with Crippen molar-refractivity contribution in [3.63, 3.8) is 0 Å². The highest BCUT2D eigenvalue weighted by molar-refractivity contribution is 5.91. The molecule has 0 bridgehead atoms. The number of aromatic nitrogens is 4. The first-order valence-corrected chi connectivity index (χ1v) is 9.70. The molecule has 0 atom stereocenters. The summed E-state index contributed by atoms with van der Waals surface area (Å²) in [6.45, 7) is 7.40. The molecular weight excluding hydrogens is 386 g/mol. The number of nitrogens with zero attached hydrogens (tertiary/aromatic N) is 4. The van der Waals surface area contributed by atoms with Gasteiger partial charge in [0.25, 0.3) is 5.56 Å². The Morgan fingerprint density at radius 2 is 1.93 bits per heavy atom. The molecule has 1 aromatic carbocycles. The minimum atomic E-state index is -0.355. The number of fused-ring (bicyclic) bond motifs is 1. The van der Waals surface area contributed by atoms with Crippen LogP contribution in [0.4, 0.5) is 5.69 Å². The molecule has 3 heterocycles. The molecule has 1 N–H and O–H groups in total. The summed E-state index contributed by atoms with van der Waals surface area (Å²) in [4.78, 5) is 30.5. The summed E-state index contributed by atoms with van der Waals surface area (Å²) >= 11 is 0. The number of carbonyl (C=O) groups excluding carboxylic acids is 1. The number of carbonyl (C=O) groups is 1. The van der Waals surface area contributed by atoms with E-state index >= 15 is 0 Å². The third kappa shape index (κ3) is 3.54. The van der Waals surface area contributed by atoms with Crippen molar-refractivity contribution in [2.24, 2.45) is 0 Å². The summed E-state index contributed by atoms with van der Waals surface area (Å²) in [5.41, 5.74) is 3.16. The van der Waals surface area contributed by atoms with Gasteiger partial charge in [0, 0.05) is 23.0 Å². The number of hydrogen-bond acceptors (Lipinski definition) is 6. The van der Waals surface area contributed by atoms with Gasteiger partial charge in [0.1, 0.15) is 6.54 Å². The smallest absolute Gasteiger partial charge is 0.258 e. The maximum atomic E-state index is 13.1. The SMILES string of the molecule is CCc1c(C)nc(-n2nc(C)cc2C)n(CC(=O)Nc2ccc3c(c2)OCO3)c1=O. The number of ether oxygens (including phenoxy) is 2. The number of aryl methyl sites for hydroxylation is 3. The van der Waals surface area contributed by atoms with E-state index in [-0.39, 0.29) is 24.8 Å². The van der Waals surface area contributed by atoms with E-state index in [0.717, 1.165) is 11.4 Å². The average Bonchev–Trinajstić information content (AvgIpc) is 3.29. The highest BCUT2D eigenvalue weighted by atomic mass is 16.7. The second kappa shape index (κ2) is 7.66. The molecule has 3 aromatic rings. The Labute approximate surface area is 173 Å². The van der Waals surface area contributed by atoms with E-state index < -0.39 is 0 Å². The highest BCUT2D eigenvalue weighted by Gasteiger charge is 2.20. The van der Waals surface area contributed by atoms with Crippen molar-refractivity contribution in [2.75, 3.05) is 12.1 Å². The van der Waals surface area contributed by atoms with Crippen molar-refractivity contribution >= 4 is 11.6 Å². The van der Waals surface area contributed by atoms with E-state index in [1.54, 1.807) is 29.8 Å². The minimum absolute atomic E-state index is 0.156. The van der Waals surface area contributed by atoms with Gasteiger partial charge in [0.15, 0.2) is 11.5 Å². The number of amides is 1. The molecule has 156 valence electrons. The van der Waals surface area contributed by atoms with Gasteiger partial charge in [-0.3, -0.25) is 14.2 Å². The lowest BCUT2D eigenvalue weighted by atomic mass is 10.2. The number of rotatable bonds is 5. The Morgan fingerprint density at radius 3 is 2.63 bits per heavy atom. The predicted octanol–water partition coefficient (Wildman–Crippen LogP) is 2.28. The second-order valence-electron chi connectivity index (χ2n) is 7.18. The topological polar surface area (TPSA) is 100 Å². The molecule has 0 unspecified atom stereocenters.